The number of rotatable bonds is 3. The number of carbonyl (C=O) groups excluding carboxylic acids is 1. The summed E-state index contributed by atoms with van der Waals surface area (Å²) in [6.45, 7) is 0.444. The maximum atomic E-state index is 11.9. The van der Waals surface area contributed by atoms with Gasteiger partial charge >= 0.3 is 5.91 Å². The van der Waals surface area contributed by atoms with Crippen molar-refractivity contribution < 1.29 is 19.0 Å². The van der Waals surface area contributed by atoms with Crippen LogP contribution in [0.2, 0.25) is 0 Å². The molecule has 20 heavy (non-hydrogen) atoms. The molecule has 3 rings (SSSR count). The number of para-hydroxylation sites is 1. The highest BCUT2D eigenvalue weighted by Gasteiger charge is 2.19. The Morgan fingerprint density at radius 3 is 3.00 bits per heavy atom. The predicted octanol–water partition coefficient (Wildman–Crippen LogP) is 0.979. The highest BCUT2D eigenvalue weighted by Crippen LogP contribution is 2.35. The first-order chi connectivity index (χ1) is 9.75. The Morgan fingerprint density at radius 2 is 2.15 bits per heavy atom. The number of pyridine rings is 1. The summed E-state index contributed by atoms with van der Waals surface area (Å²) in [5.41, 5.74) is 0.860. The number of amides is 1. The number of nitrogens with one attached hydrogen (secondary N) is 1. The zero-order chi connectivity index (χ0) is 13.9. The van der Waals surface area contributed by atoms with E-state index in [9.17, 15) is 10.0 Å². The molecular weight excluding hydrogens is 260 g/mol. The van der Waals surface area contributed by atoms with Gasteiger partial charge in [-0.25, -0.2) is 0 Å². The second-order valence-corrected chi connectivity index (χ2v) is 4.25. The monoisotopic (exact) mass is 272 g/mol. The molecule has 1 amide bonds. The van der Waals surface area contributed by atoms with Gasteiger partial charge in [-0.15, -0.1) is 0 Å². The third-order valence-electron chi connectivity index (χ3n) is 2.97. The van der Waals surface area contributed by atoms with Gasteiger partial charge in [-0.05, 0) is 12.1 Å². The third-order valence-corrected chi connectivity index (χ3v) is 2.97. The number of ether oxygens (including phenoxy) is 2. The predicted molar refractivity (Wildman–Crippen MR) is 69.1 cm³/mol. The van der Waals surface area contributed by atoms with Crippen molar-refractivity contribution >= 4 is 5.91 Å². The first-order valence-corrected chi connectivity index (χ1v) is 6.09. The van der Waals surface area contributed by atoms with Gasteiger partial charge < -0.3 is 20.0 Å². The summed E-state index contributed by atoms with van der Waals surface area (Å²) in [6, 6.07) is 10.1. The van der Waals surface area contributed by atoms with E-state index in [2.05, 4.69) is 5.32 Å². The first-order valence-electron chi connectivity index (χ1n) is 6.09. The highest BCUT2D eigenvalue weighted by atomic mass is 16.7. The lowest BCUT2D eigenvalue weighted by molar-refractivity contribution is -0.607. The lowest BCUT2D eigenvalue weighted by atomic mass is 10.2. The highest BCUT2D eigenvalue weighted by molar-refractivity contribution is 5.90. The van der Waals surface area contributed by atoms with Crippen LogP contribution in [0, 0.1) is 5.21 Å². The molecular formula is C14H12N2O4. The molecule has 1 aliphatic rings. The van der Waals surface area contributed by atoms with Crippen LogP contribution in [0.25, 0.3) is 0 Å². The van der Waals surface area contributed by atoms with Crippen molar-refractivity contribution in [3.8, 4) is 11.5 Å². The van der Waals surface area contributed by atoms with Crippen LogP contribution in [0.15, 0.2) is 42.6 Å². The Kier molecular flexibility index (Phi) is 3.12. The topological polar surface area (TPSA) is 74.5 Å². The van der Waals surface area contributed by atoms with Crippen LogP contribution in [0.1, 0.15) is 16.1 Å². The normalized spacial score (nSPS) is 12.2. The number of fused-ring (bicyclic) bond motifs is 1. The smallest absolute Gasteiger partial charge is 0.317 e. The van der Waals surface area contributed by atoms with Crippen molar-refractivity contribution in [3.05, 3.63) is 59.1 Å². The van der Waals surface area contributed by atoms with Gasteiger partial charge in [0.2, 0.25) is 6.79 Å². The van der Waals surface area contributed by atoms with E-state index in [4.69, 9.17) is 9.47 Å². The number of aromatic nitrogens is 1. The van der Waals surface area contributed by atoms with Crippen molar-refractivity contribution in [2.24, 2.45) is 0 Å². The molecule has 6 nitrogen and oxygen atoms in total. The number of nitrogens with zero attached hydrogens (tertiary/aromatic N) is 1. The lowest BCUT2D eigenvalue weighted by Crippen LogP contribution is -2.38. The Morgan fingerprint density at radius 1 is 1.25 bits per heavy atom. The van der Waals surface area contributed by atoms with Gasteiger partial charge in [-0.3, -0.25) is 4.79 Å². The van der Waals surface area contributed by atoms with Gasteiger partial charge in [0.05, 0.1) is 0 Å². The fraction of sp³-hybridized carbons (Fsp3) is 0.143. The Bertz CT molecular complexity index is 657. The molecule has 102 valence electrons. The van der Waals surface area contributed by atoms with Crippen molar-refractivity contribution in [2.45, 2.75) is 6.54 Å². The van der Waals surface area contributed by atoms with E-state index in [1.165, 1.54) is 12.3 Å². The van der Waals surface area contributed by atoms with Gasteiger partial charge in [0.25, 0.3) is 5.69 Å². The molecule has 1 aromatic carbocycles. The van der Waals surface area contributed by atoms with Crippen LogP contribution in [-0.4, -0.2) is 12.7 Å². The molecule has 1 N–H and O–H groups in total. The summed E-state index contributed by atoms with van der Waals surface area (Å²) in [7, 11) is 0. The molecule has 0 atom stereocenters. The molecule has 0 saturated carbocycles. The zero-order valence-corrected chi connectivity index (χ0v) is 10.5. The Hall–Kier alpha value is -2.76. The van der Waals surface area contributed by atoms with Crippen molar-refractivity contribution in [3.63, 3.8) is 0 Å². The zero-order valence-electron chi connectivity index (χ0n) is 10.5. The number of carbonyl (C=O) groups is 1. The van der Waals surface area contributed by atoms with Gasteiger partial charge in [-0.1, -0.05) is 12.1 Å². The van der Waals surface area contributed by atoms with Gasteiger partial charge in [0.15, 0.2) is 17.7 Å². The average molecular weight is 272 g/mol. The minimum Gasteiger partial charge on any atom is -0.618 e. The van der Waals surface area contributed by atoms with Crippen LogP contribution in [0.3, 0.4) is 0 Å². The minimum absolute atomic E-state index is 0.0530. The van der Waals surface area contributed by atoms with Crippen molar-refractivity contribution in [1.82, 2.24) is 5.32 Å². The molecule has 0 saturated heterocycles. The van der Waals surface area contributed by atoms with Gasteiger partial charge in [0, 0.05) is 24.2 Å². The van der Waals surface area contributed by atoms with Crippen molar-refractivity contribution in [2.75, 3.05) is 6.79 Å². The molecule has 0 fully saturated rings. The molecule has 6 heteroatoms. The molecule has 2 heterocycles. The maximum absolute atomic E-state index is 11.9. The fourth-order valence-electron chi connectivity index (χ4n) is 2.00. The van der Waals surface area contributed by atoms with E-state index in [0.717, 1.165) is 5.56 Å². The number of benzene rings is 1. The summed E-state index contributed by atoms with van der Waals surface area (Å²) in [6.07, 6.45) is 1.28. The fourth-order valence-corrected chi connectivity index (χ4v) is 2.00. The number of hydrogen-bond acceptors (Lipinski definition) is 4. The summed E-state index contributed by atoms with van der Waals surface area (Å²) in [5, 5.41) is 14.2. The summed E-state index contributed by atoms with van der Waals surface area (Å²) in [4.78, 5) is 11.9. The second-order valence-electron chi connectivity index (χ2n) is 4.25. The molecule has 0 spiro atoms. The van der Waals surface area contributed by atoms with Gasteiger partial charge in [0.1, 0.15) is 0 Å². The van der Waals surface area contributed by atoms with Crippen LogP contribution in [0.4, 0.5) is 0 Å². The largest absolute Gasteiger partial charge is 0.618 e. The first kappa shape index (κ1) is 12.3. The molecule has 1 aliphatic heterocycles. The molecule has 0 bridgehead atoms. The standard InChI is InChI=1S/C14H12N2O4/c17-14(11-5-1-2-7-16(11)18)15-8-10-4-3-6-12-13(10)20-9-19-12/h1-7H,8-9H2,(H,15,17). The van der Waals surface area contributed by atoms with Crippen LogP contribution in [0.5, 0.6) is 11.5 Å². The third kappa shape index (κ3) is 2.23. The molecule has 0 unspecified atom stereocenters. The number of hydrogen-bond donors (Lipinski definition) is 1. The van der Waals surface area contributed by atoms with Crippen molar-refractivity contribution in [1.29, 1.82) is 0 Å². The average Bonchev–Trinajstić information content (AvgIpc) is 2.94. The molecule has 2 aromatic rings. The summed E-state index contributed by atoms with van der Waals surface area (Å²) in [5.74, 6) is 0.864. The minimum atomic E-state index is -0.433. The van der Waals surface area contributed by atoms with E-state index in [1.807, 2.05) is 12.1 Å². The molecule has 0 aliphatic carbocycles. The van der Waals surface area contributed by atoms with Gasteiger partial charge in [-0.2, -0.15) is 4.73 Å². The molecule has 0 radical (unpaired) electrons. The van der Waals surface area contributed by atoms with E-state index in [1.54, 1.807) is 18.2 Å². The van der Waals surface area contributed by atoms with Crippen LogP contribution >= 0.6 is 0 Å². The van der Waals surface area contributed by atoms with Crippen LogP contribution < -0.4 is 19.5 Å². The maximum Gasteiger partial charge on any atom is 0.317 e. The van der Waals surface area contributed by atoms with E-state index in [0.29, 0.717) is 16.2 Å². The van der Waals surface area contributed by atoms with E-state index in [-0.39, 0.29) is 19.0 Å². The molecule has 1 aromatic heterocycles. The SMILES string of the molecule is O=C(NCc1cccc2c1OCO2)c1cccc[n+]1[O-]. The summed E-state index contributed by atoms with van der Waals surface area (Å²) < 4.78 is 11.1. The van der Waals surface area contributed by atoms with Crippen LogP contribution in [-0.2, 0) is 6.54 Å². The lowest BCUT2D eigenvalue weighted by Gasteiger charge is -2.07. The summed E-state index contributed by atoms with van der Waals surface area (Å²) >= 11 is 0. The van der Waals surface area contributed by atoms with E-state index < -0.39 is 5.91 Å². The Labute approximate surface area is 115 Å². The van der Waals surface area contributed by atoms with E-state index >= 15 is 0 Å². The quantitative estimate of drug-likeness (QED) is 0.667. The second kappa shape index (κ2) is 5.08. The Balaban J connectivity index is 1.73.